The molecule has 0 saturated heterocycles. The van der Waals surface area contributed by atoms with Crippen molar-refractivity contribution in [1.82, 2.24) is 15.2 Å². The lowest BCUT2D eigenvalue weighted by Crippen LogP contribution is -2.35. The normalized spacial score (nSPS) is 13.9. The monoisotopic (exact) mass is 315 g/mol. The van der Waals surface area contributed by atoms with Gasteiger partial charge in [-0.15, -0.1) is 11.3 Å². The first kappa shape index (κ1) is 18.0. The van der Waals surface area contributed by atoms with Gasteiger partial charge in [-0.05, 0) is 53.2 Å². The maximum Gasteiger partial charge on any atom is 0.107 e. The summed E-state index contributed by atoms with van der Waals surface area (Å²) in [6.07, 6.45) is 3.40. The van der Waals surface area contributed by atoms with E-state index in [1.165, 1.54) is 22.9 Å². The van der Waals surface area contributed by atoms with E-state index in [-0.39, 0.29) is 5.54 Å². The van der Waals surface area contributed by atoms with Gasteiger partial charge in [0.15, 0.2) is 0 Å². The minimum atomic E-state index is 0.148. The van der Waals surface area contributed by atoms with Crippen LogP contribution in [0.3, 0.4) is 0 Å². The molecule has 1 aromatic rings. The summed E-state index contributed by atoms with van der Waals surface area (Å²) in [5.41, 5.74) is 1.34. The molecule has 116 valence electrons. The van der Waals surface area contributed by atoms with Gasteiger partial charge in [-0.2, -0.15) is 11.8 Å². The van der Waals surface area contributed by atoms with Gasteiger partial charge in [0.05, 0.1) is 5.69 Å². The molecule has 1 aromatic heterocycles. The summed E-state index contributed by atoms with van der Waals surface area (Å²) in [6, 6.07) is 0.611. The summed E-state index contributed by atoms with van der Waals surface area (Å²) in [7, 11) is 2.19. The fourth-order valence-corrected chi connectivity index (χ4v) is 3.07. The fraction of sp³-hybridized carbons (Fsp3) is 0.800. The van der Waals surface area contributed by atoms with E-state index in [1.54, 1.807) is 11.3 Å². The summed E-state index contributed by atoms with van der Waals surface area (Å²) in [5, 5.41) is 6.86. The van der Waals surface area contributed by atoms with Crippen molar-refractivity contribution in [2.75, 3.05) is 19.1 Å². The molecule has 1 unspecified atom stereocenters. The number of thioether (sulfide) groups is 1. The Bertz CT molecular complexity index is 385. The Kier molecular flexibility index (Phi) is 7.51. The molecule has 0 spiro atoms. The quantitative estimate of drug-likeness (QED) is 0.793. The molecule has 0 fully saturated rings. The van der Waals surface area contributed by atoms with Crippen molar-refractivity contribution in [3.63, 3.8) is 0 Å². The smallest absolute Gasteiger partial charge is 0.107 e. The van der Waals surface area contributed by atoms with E-state index in [0.717, 1.165) is 13.1 Å². The molecule has 0 aliphatic rings. The second-order valence-corrected chi connectivity index (χ2v) is 8.31. The predicted molar refractivity (Wildman–Crippen MR) is 92.6 cm³/mol. The zero-order chi connectivity index (χ0) is 15.2. The molecule has 3 nitrogen and oxygen atoms in total. The number of hydrogen-bond donors (Lipinski definition) is 1. The van der Waals surface area contributed by atoms with Crippen molar-refractivity contribution in [3.05, 3.63) is 16.1 Å². The van der Waals surface area contributed by atoms with E-state index in [9.17, 15) is 0 Å². The van der Waals surface area contributed by atoms with Crippen molar-refractivity contribution in [3.8, 4) is 0 Å². The average Bonchev–Trinajstić information content (AvgIpc) is 2.80. The van der Waals surface area contributed by atoms with Crippen LogP contribution < -0.4 is 5.32 Å². The number of aromatic nitrogens is 1. The molecule has 1 heterocycles. The molecule has 0 amide bonds. The van der Waals surface area contributed by atoms with E-state index in [4.69, 9.17) is 4.98 Å². The Morgan fingerprint density at radius 3 is 2.75 bits per heavy atom. The van der Waals surface area contributed by atoms with Crippen LogP contribution in [-0.4, -0.2) is 40.5 Å². The van der Waals surface area contributed by atoms with Crippen LogP contribution in [0, 0.1) is 0 Å². The molecule has 1 atom stereocenters. The highest BCUT2D eigenvalue weighted by Crippen LogP contribution is 2.15. The largest absolute Gasteiger partial charge is 0.306 e. The highest BCUT2D eigenvalue weighted by atomic mass is 32.2. The molecule has 0 aromatic carbocycles. The molecule has 5 heteroatoms. The molecule has 0 saturated carbocycles. The first-order valence-corrected chi connectivity index (χ1v) is 9.46. The fourth-order valence-electron chi connectivity index (χ4n) is 1.76. The number of hydrogen-bond acceptors (Lipinski definition) is 5. The van der Waals surface area contributed by atoms with Crippen molar-refractivity contribution in [1.29, 1.82) is 0 Å². The molecule has 1 N–H and O–H groups in total. The summed E-state index contributed by atoms with van der Waals surface area (Å²) < 4.78 is 0. The maximum atomic E-state index is 4.73. The lowest BCUT2D eigenvalue weighted by atomic mass is 10.1. The third-order valence-electron chi connectivity index (χ3n) is 3.27. The van der Waals surface area contributed by atoms with E-state index < -0.39 is 0 Å². The molecule has 0 aliphatic heterocycles. The van der Waals surface area contributed by atoms with Crippen LogP contribution in [-0.2, 0) is 13.1 Å². The van der Waals surface area contributed by atoms with E-state index in [2.05, 4.69) is 56.6 Å². The molecule has 0 bridgehead atoms. The molecule has 0 aliphatic carbocycles. The molecule has 20 heavy (non-hydrogen) atoms. The van der Waals surface area contributed by atoms with Gasteiger partial charge in [0.25, 0.3) is 0 Å². The summed E-state index contributed by atoms with van der Waals surface area (Å²) in [4.78, 5) is 7.12. The minimum Gasteiger partial charge on any atom is -0.306 e. The van der Waals surface area contributed by atoms with Crippen molar-refractivity contribution >= 4 is 23.1 Å². The van der Waals surface area contributed by atoms with Crippen LogP contribution in [0.25, 0.3) is 0 Å². The van der Waals surface area contributed by atoms with Crippen LogP contribution in [0.15, 0.2) is 5.38 Å². The van der Waals surface area contributed by atoms with Crippen molar-refractivity contribution in [2.45, 2.75) is 58.8 Å². The van der Waals surface area contributed by atoms with Gasteiger partial charge in [-0.3, -0.25) is 4.90 Å². The Labute approximate surface area is 132 Å². The van der Waals surface area contributed by atoms with Crippen molar-refractivity contribution in [2.24, 2.45) is 0 Å². The van der Waals surface area contributed by atoms with Crippen LogP contribution in [0.4, 0.5) is 0 Å². The summed E-state index contributed by atoms with van der Waals surface area (Å²) in [6.45, 7) is 10.7. The number of nitrogens with one attached hydrogen (secondary N) is 1. The Morgan fingerprint density at radius 1 is 1.45 bits per heavy atom. The van der Waals surface area contributed by atoms with Gasteiger partial charge >= 0.3 is 0 Å². The van der Waals surface area contributed by atoms with Gasteiger partial charge < -0.3 is 5.32 Å². The van der Waals surface area contributed by atoms with Crippen molar-refractivity contribution < 1.29 is 0 Å². The molecular weight excluding hydrogens is 286 g/mol. The first-order chi connectivity index (χ1) is 9.31. The second-order valence-electron chi connectivity index (χ2n) is 6.38. The second kappa shape index (κ2) is 8.37. The van der Waals surface area contributed by atoms with Crippen LogP contribution >= 0.6 is 23.1 Å². The third kappa shape index (κ3) is 7.07. The average molecular weight is 316 g/mol. The molecule has 0 radical (unpaired) electrons. The van der Waals surface area contributed by atoms with E-state index in [1.807, 2.05) is 11.8 Å². The van der Waals surface area contributed by atoms with Gasteiger partial charge in [0, 0.05) is 30.1 Å². The maximum absolute atomic E-state index is 4.73. The zero-order valence-corrected chi connectivity index (χ0v) is 15.3. The van der Waals surface area contributed by atoms with Gasteiger partial charge in [0.1, 0.15) is 5.01 Å². The third-order valence-corrected chi connectivity index (χ3v) is 4.81. The lowest BCUT2D eigenvalue weighted by Gasteiger charge is -2.23. The van der Waals surface area contributed by atoms with E-state index >= 15 is 0 Å². The predicted octanol–water partition coefficient (Wildman–Crippen LogP) is 3.60. The first-order valence-electron chi connectivity index (χ1n) is 7.19. The highest BCUT2D eigenvalue weighted by molar-refractivity contribution is 7.98. The van der Waals surface area contributed by atoms with Crippen LogP contribution in [0.5, 0.6) is 0 Å². The Morgan fingerprint density at radius 2 is 2.15 bits per heavy atom. The standard InChI is InChI=1S/C15H29N3S2/c1-12(7-8-19-6)18(5)10-13-11-20-14(17-13)9-16-15(2,3)4/h11-12,16H,7-10H2,1-6H3. The van der Waals surface area contributed by atoms with Crippen LogP contribution in [0.1, 0.15) is 44.8 Å². The van der Waals surface area contributed by atoms with Gasteiger partial charge in [0.2, 0.25) is 0 Å². The summed E-state index contributed by atoms with van der Waals surface area (Å²) >= 11 is 3.68. The SMILES string of the molecule is CSCCC(C)N(C)Cc1csc(CNC(C)(C)C)n1. The number of thiazole rings is 1. The topological polar surface area (TPSA) is 28.2 Å². The number of rotatable bonds is 8. The van der Waals surface area contributed by atoms with Crippen LogP contribution in [0.2, 0.25) is 0 Å². The van der Waals surface area contributed by atoms with Gasteiger partial charge in [-0.25, -0.2) is 4.98 Å². The highest BCUT2D eigenvalue weighted by Gasteiger charge is 2.13. The molecule has 1 rings (SSSR count). The number of nitrogens with zero attached hydrogens (tertiary/aromatic N) is 2. The Balaban J connectivity index is 2.43. The van der Waals surface area contributed by atoms with E-state index in [0.29, 0.717) is 6.04 Å². The Hall–Kier alpha value is -0.100. The molecular formula is C15H29N3S2. The van der Waals surface area contributed by atoms with Gasteiger partial charge in [-0.1, -0.05) is 0 Å². The summed E-state index contributed by atoms with van der Waals surface area (Å²) in [5.74, 6) is 1.23. The minimum absolute atomic E-state index is 0.148. The zero-order valence-electron chi connectivity index (χ0n) is 13.7. The lowest BCUT2D eigenvalue weighted by molar-refractivity contribution is 0.242.